The Morgan fingerprint density at radius 1 is 1.42 bits per heavy atom. The fourth-order valence-corrected chi connectivity index (χ4v) is 2.17. The van der Waals surface area contributed by atoms with Gasteiger partial charge in [0, 0.05) is 16.7 Å². The van der Waals surface area contributed by atoms with Crippen LogP contribution in [-0.4, -0.2) is 12.8 Å². The summed E-state index contributed by atoms with van der Waals surface area (Å²) in [6.07, 6.45) is -0.804. The van der Waals surface area contributed by atoms with E-state index in [9.17, 15) is 4.79 Å². The van der Waals surface area contributed by atoms with Crippen molar-refractivity contribution in [3.63, 3.8) is 0 Å². The van der Waals surface area contributed by atoms with Gasteiger partial charge in [-0.3, -0.25) is 0 Å². The van der Waals surface area contributed by atoms with E-state index in [-0.39, 0.29) is 12.6 Å². The normalized spacial score (nSPS) is 10.3. The third-order valence-electron chi connectivity index (χ3n) is 2.25. The van der Waals surface area contributed by atoms with Gasteiger partial charge in [0.15, 0.2) is 4.67 Å². The van der Waals surface area contributed by atoms with Crippen LogP contribution in [0.3, 0.4) is 0 Å². The molecule has 0 N–H and O–H groups in total. The third kappa shape index (κ3) is 3.52. The lowest BCUT2D eigenvalue weighted by atomic mass is 10.1. The molecule has 0 saturated carbocycles. The predicted octanol–water partition coefficient (Wildman–Crippen LogP) is 4.90. The van der Waals surface area contributed by atoms with Crippen molar-refractivity contribution in [1.82, 2.24) is 0 Å². The summed E-state index contributed by atoms with van der Waals surface area (Å²) < 4.78 is 15.3. The number of ether oxygens (including phenoxy) is 2. The molecule has 19 heavy (non-hydrogen) atoms. The first-order valence-corrected chi connectivity index (χ1v) is 6.67. The maximum atomic E-state index is 11.2. The van der Waals surface area contributed by atoms with Crippen LogP contribution in [0.15, 0.2) is 39.4 Å². The van der Waals surface area contributed by atoms with E-state index in [0.717, 1.165) is 11.1 Å². The number of rotatable bonds is 3. The van der Waals surface area contributed by atoms with Gasteiger partial charge in [0.2, 0.25) is 0 Å². The first-order chi connectivity index (χ1) is 9.10. The lowest BCUT2D eigenvalue weighted by molar-refractivity contribution is 0.0945. The molecule has 2 aromatic rings. The Hall–Kier alpha value is -1.46. The maximum Gasteiger partial charge on any atom is 0.516 e. The molecule has 0 saturated heterocycles. The average Bonchev–Trinajstić information content (AvgIpc) is 2.70. The van der Waals surface area contributed by atoms with Crippen LogP contribution in [-0.2, 0) is 4.74 Å². The Kier molecular flexibility index (Phi) is 4.50. The van der Waals surface area contributed by atoms with E-state index in [4.69, 9.17) is 20.8 Å². The van der Waals surface area contributed by atoms with Crippen LogP contribution in [0.1, 0.15) is 6.92 Å². The molecule has 100 valence electrons. The quantitative estimate of drug-likeness (QED) is 0.743. The average molecular weight is 346 g/mol. The fraction of sp³-hybridized carbons (Fsp3) is 0.154. The van der Waals surface area contributed by atoms with Crippen molar-refractivity contribution in [3.05, 3.63) is 40.0 Å². The first-order valence-electron chi connectivity index (χ1n) is 5.50. The Labute approximate surface area is 123 Å². The lowest BCUT2D eigenvalue weighted by Gasteiger charge is -1.99. The molecule has 1 aromatic carbocycles. The van der Waals surface area contributed by atoms with Gasteiger partial charge in [-0.1, -0.05) is 23.7 Å². The zero-order valence-corrected chi connectivity index (χ0v) is 12.3. The number of benzene rings is 1. The van der Waals surface area contributed by atoms with E-state index >= 15 is 0 Å². The van der Waals surface area contributed by atoms with E-state index < -0.39 is 6.16 Å². The molecule has 6 heteroatoms. The number of hydrogen-bond donors (Lipinski definition) is 0. The minimum Gasteiger partial charge on any atom is -0.434 e. The molecule has 0 bridgehead atoms. The van der Waals surface area contributed by atoms with Crippen molar-refractivity contribution < 1.29 is 18.7 Å². The van der Waals surface area contributed by atoms with Crippen molar-refractivity contribution in [3.8, 4) is 17.1 Å². The third-order valence-corrected chi connectivity index (χ3v) is 3.07. The smallest absolute Gasteiger partial charge is 0.434 e. The Balaban J connectivity index is 2.24. The van der Waals surface area contributed by atoms with Crippen LogP contribution in [0.4, 0.5) is 4.79 Å². The predicted molar refractivity (Wildman–Crippen MR) is 74.5 cm³/mol. The Morgan fingerprint density at radius 2 is 2.21 bits per heavy atom. The van der Waals surface area contributed by atoms with E-state index in [0.29, 0.717) is 9.69 Å². The largest absolute Gasteiger partial charge is 0.516 e. The van der Waals surface area contributed by atoms with Gasteiger partial charge in [0.05, 0.1) is 6.61 Å². The van der Waals surface area contributed by atoms with Crippen molar-refractivity contribution in [2.75, 3.05) is 6.61 Å². The second-order valence-corrected chi connectivity index (χ2v) is 4.70. The SMILES string of the molecule is CCOC(=O)Oc1cc(-c2cccc(Cl)c2)c(Br)o1. The Bertz CT molecular complexity index is 594. The molecule has 0 aliphatic heterocycles. The first kappa shape index (κ1) is 14.0. The molecule has 2 rings (SSSR count). The highest BCUT2D eigenvalue weighted by atomic mass is 79.9. The standard InChI is InChI=1S/C13H10BrClO4/c1-2-17-13(16)19-11-7-10(12(14)18-11)8-4-3-5-9(15)6-8/h3-7H,2H2,1H3. The maximum absolute atomic E-state index is 11.2. The summed E-state index contributed by atoms with van der Waals surface area (Å²) in [4.78, 5) is 11.2. The monoisotopic (exact) mass is 344 g/mol. The number of furan rings is 1. The van der Waals surface area contributed by atoms with E-state index in [1.807, 2.05) is 12.1 Å². The summed E-state index contributed by atoms with van der Waals surface area (Å²) >= 11 is 9.19. The van der Waals surface area contributed by atoms with Crippen LogP contribution in [0.5, 0.6) is 5.95 Å². The van der Waals surface area contributed by atoms with Crippen molar-refractivity contribution in [2.45, 2.75) is 6.92 Å². The molecule has 0 spiro atoms. The number of halogens is 2. The van der Waals surface area contributed by atoms with Crippen LogP contribution in [0.25, 0.3) is 11.1 Å². The van der Waals surface area contributed by atoms with Gasteiger partial charge in [-0.2, -0.15) is 0 Å². The summed E-state index contributed by atoms with van der Waals surface area (Å²) in [6, 6.07) is 8.84. The summed E-state index contributed by atoms with van der Waals surface area (Å²) in [7, 11) is 0. The van der Waals surface area contributed by atoms with E-state index in [1.165, 1.54) is 0 Å². The summed E-state index contributed by atoms with van der Waals surface area (Å²) in [5.41, 5.74) is 1.59. The zero-order valence-electron chi connectivity index (χ0n) is 9.98. The van der Waals surface area contributed by atoms with Gasteiger partial charge in [-0.05, 0) is 40.5 Å². The number of hydrogen-bond acceptors (Lipinski definition) is 4. The zero-order chi connectivity index (χ0) is 13.8. The Morgan fingerprint density at radius 3 is 2.89 bits per heavy atom. The van der Waals surface area contributed by atoms with Gasteiger partial charge in [0.25, 0.3) is 5.95 Å². The lowest BCUT2D eigenvalue weighted by Crippen LogP contribution is -2.09. The fourth-order valence-electron chi connectivity index (χ4n) is 1.48. The second kappa shape index (κ2) is 6.12. The summed E-state index contributed by atoms with van der Waals surface area (Å²) in [6.45, 7) is 1.93. The molecule has 0 aliphatic rings. The van der Waals surface area contributed by atoms with Crippen molar-refractivity contribution in [1.29, 1.82) is 0 Å². The van der Waals surface area contributed by atoms with Crippen LogP contribution < -0.4 is 4.74 Å². The van der Waals surface area contributed by atoms with Crippen molar-refractivity contribution >= 4 is 33.7 Å². The van der Waals surface area contributed by atoms with E-state index in [2.05, 4.69) is 20.7 Å². The van der Waals surface area contributed by atoms with Gasteiger partial charge < -0.3 is 13.9 Å². The number of carbonyl (C=O) groups excluding carboxylic acids is 1. The van der Waals surface area contributed by atoms with Gasteiger partial charge in [-0.25, -0.2) is 4.79 Å². The molecule has 0 radical (unpaired) electrons. The summed E-state index contributed by atoms with van der Waals surface area (Å²) in [5, 5.41) is 0.610. The topological polar surface area (TPSA) is 48.7 Å². The molecule has 4 nitrogen and oxygen atoms in total. The highest BCUT2D eigenvalue weighted by Gasteiger charge is 2.15. The van der Waals surface area contributed by atoms with E-state index in [1.54, 1.807) is 25.1 Å². The molecule has 0 fully saturated rings. The highest BCUT2D eigenvalue weighted by Crippen LogP contribution is 2.36. The number of carbonyl (C=O) groups is 1. The molecule has 0 amide bonds. The minimum absolute atomic E-state index is 0.0558. The molecular weight excluding hydrogens is 335 g/mol. The van der Waals surface area contributed by atoms with Gasteiger partial charge in [0.1, 0.15) is 0 Å². The van der Waals surface area contributed by atoms with Gasteiger partial charge in [-0.15, -0.1) is 0 Å². The second-order valence-electron chi connectivity index (χ2n) is 3.55. The molecule has 1 heterocycles. The molecule has 0 atom stereocenters. The van der Waals surface area contributed by atoms with Gasteiger partial charge >= 0.3 is 6.16 Å². The molecule has 0 unspecified atom stereocenters. The van der Waals surface area contributed by atoms with Crippen LogP contribution >= 0.6 is 27.5 Å². The molecular formula is C13H10BrClO4. The minimum atomic E-state index is -0.804. The van der Waals surface area contributed by atoms with Crippen LogP contribution in [0, 0.1) is 0 Å². The van der Waals surface area contributed by atoms with Crippen LogP contribution in [0.2, 0.25) is 5.02 Å². The van der Waals surface area contributed by atoms with Crippen molar-refractivity contribution in [2.24, 2.45) is 0 Å². The summed E-state index contributed by atoms with van der Waals surface area (Å²) in [5.74, 6) is 0.0558. The highest BCUT2D eigenvalue weighted by molar-refractivity contribution is 9.10. The molecule has 0 aliphatic carbocycles. The molecule has 1 aromatic heterocycles.